The van der Waals surface area contributed by atoms with Crippen molar-refractivity contribution >= 4 is 17.5 Å². The highest BCUT2D eigenvalue weighted by Gasteiger charge is 2.22. The highest BCUT2D eigenvalue weighted by molar-refractivity contribution is 5.95. The van der Waals surface area contributed by atoms with E-state index in [4.69, 9.17) is 5.73 Å². The Bertz CT molecular complexity index is 938. The first-order valence-corrected chi connectivity index (χ1v) is 8.05. The number of carbonyl (C=O) groups is 2. The van der Waals surface area contributed by atoms with E-state index >= 15 is 0 Å². The van der Waals surface area contributed by atoms with E-state index in [9.17, 15) is 9.59 Å². The summed E-state index contributed by atoms with van der Waals surface area (Å²) >= 11 is 0. The molecule has 3 rings (SSSR count). The molecule has 0 saturated carbocycles. The molecule has 0 aliphatic rings. The van der Waals surface area contributed by atoms with Gasteiger partial charge < -0.3 is 11.1 Å². The number of carbonyl (C=O) groups excluding carboxylic acids is 2. The molecule has 3 aromatic rings. The number of nitrogens with one attached hydrogen (secondary N) is 1. The van der Waals surface area contributed by atoms with Gasteiger partial charge in [-0.25, -0.2) is 9.97 Å². The van der Waals surface area contributed by atoms with E-state index in [1.165, 1.54) is 10.6 Å². The van der Waals surface area contributed by atoms with Gasteiger partial charge in [0.15, 0.2) is 11.5 Å². The molecular weight excluding hydrogens is 336 g/mol. The Morgan fingerprint density at radius 2 is 1.92 bits per heavy atom. The van der Waals surface area contributed by atoms with Crippen LogP contribution in [0.4, 0.5) is 0 Å². The second-order valence-electron chi connectivity index (χ2n) is 6.14. The molecule has 0 spiro atoms. The summed E-state index contributed by atoms with van der Waals surface area (Å²) in [5, 5.41) is 14.9. The van der Waals surface area contributed by atoms with Crippen LogP contribution in [0.15, 0.2) is 30.6 Å². The van der Waals surface area contributed by atoms with E-state index in [1.807, 2.05) is 13.8 Å². The zero-order valence-corrected chi connectivity index (χ0v) is 14.3. The van der Waals surface area contributed by atoms with Gasteiger partial charge in [-0.1, -0.05) is 13.8 Å². The zero-order valence-electron chi connectivity index (χ0n) is 14.3. The van der Waals surface area contributed by atoms with Gasteiger partial charge in [-0.2, -0.15) is 9.61 Å². The SMILES string of the molecule is CC(C)CC(NC(=O)c1ccc2nnc(-c3ncccn3)n2n1)C(N)=O. The van der Waals surface area contributed by atoms with Crippen LogP contribution in [0.3, 0.4) is 0 Å². The van der Waals surface area contributed by atoms with Crippen LogP contribution in [0.25, 0.3) is 17.3 Å². The first-order valence-electron chi connectivity index (χ1n) is 8.05. The molecule has 0 fully saturated rings. The van der Waals surface area contributed by atoms with Gasteiger partial charge in [-0.05, 0) is 30.5 Å². The van der Waals surface area contributed by atoms with Crippen molar-refractivity contribution in [2.24, 2.45) is 11.7 Å². The number of fused-ring (bicyclic) bond motifs is 1. The van der Waals surface area contributed by atoms with Gasteiger partial charge in [-0.15, -0.1) is 10.2 Å². The van der Waals surface area contributed by atoms with Crippen LogP contribution in [0.2, 0.25) is 0 Å². The van der Waals surface area contributed by atoms with Crippen molar-refractivity contribution in [1.82, 2.24) is 35.1 Å². The molecule has 26 heavy (non-hydrogen) atoms. The third kappa shape index (κ3) is 3.63. The fraction of sp³-hybridized carbons (Fsp3) is 0.312. The standard InChI is InChI=1S/C16H18N8O2/c1-9(2)8-11(13(17)25)20-16(26)10-4-5-12-21-22-15(24(12)23-10)14-18-6-3-7-19-14/h3-7,9,11H,8H2,1-2H3,(H2,17,25)(H,20,26). The number of nitrogens with zero attached hydrogens (tertiary/aromatic N) is 6. The monoisotopic (exact) mass is 354 g/mol. The molecule has 134 valence electrons. The highest BCUT2D eigenvalue weighted by atomic mass is 16.2. The fourth-order valence-electron chi connectivity index (χ4n) is 2.41. The van der Waals surface area contributed by atoms with Crippen LogP contribution in [0, 0.1) is 5.92 Å². The third-order valence-electron chi connectivity index (χ3n) is 3.62. The number of aromatic nitrogens is 6. The Labute approximate surface area is 148 Å². The van der Waals surface area contributed by atoms with Gasteiger partial charge in [0.2, 0.25) is 11.7 Å². The van der Waals surface area contributed by atoms with Crippen molar-refractivity contribution in [3.63, 3.8) is 0 Å². The van der Waals surface area contributed by atoms with Gasteiger partial charge in [0.05, 0.1) is 0 Å². The minimum atomic E-state index is -0.766. The first-order chi connectivity index (χ1) is 12.5. The molecule has 1 atom stereocenters. The summed E-state index contributed by atoms with van der Waals surface area (Å²) in [6.07, 6.45) is 3.59. The van der Waals surface area contributed by atoms with E-state index in [1.54, 1.807) is 24.5 Å². The molecule has 0 aliphatic carbocycles. The van der Waals surface area contributed by atoms with Gasteiger partial charge in [-0.3, -0.25) is 9.59 Å². The smallest absolute Gasteiger partial charge is 0.272 e. The lowest BCUT2D eigenvalue weighted by Crippen LogP contribution is -2.45. The van der Waals surface area contributed by atoms with Gasteiger partial charge in [0, 0.05) is 12.4 Å². The molecule has 3 aromatic heterocycles. The summed E-state index contributed by atoms with van der Waals surface area (Å²) in [6, 6.07) is 4.02. The van der Waals surface area contributed by atoms with Crippen LogP contribution >= 0.6 is 0 Å². The Balaban J connectivity index is 1.91. The Hall–Kier alpha value is -3.43. The molecule has 0 aliphatic heterocycles. The second kappa shape index (κ2) is 7.21. The number of primary amides is 1. The van der Waals surface area contributed by atoms with E-state index in [2.05, 4.69) is 30.6 Å². The van der Waals surface area contributed by atoms with Gasteiger partial charge in [0.1, 0.15) is 11.7 Å². The van der Waals surface area contributed by atoms with Crippen molar-refractivity contribution in [3.8, 4) is 11.6 Å². The van der Waals surface area contributed by atoms with E-state index in [0.29, 0.717) is 23.7 Å². The van der Waals surface area contributed by atoms with Crippen molar-refractivity contribution in [2.75, 3.05) is 0 Å². The van der Waals surface area contributed by atoms with Crippen molar-refractivity contribution in [2.45, 2.75) is 26.3 Å². The zero-order chi connectivity index (χ0) is 18.7. The van der Waals surface area contributed by atoms with Crippen LogP contribution in [-0.4, -0.2) is 47.6 Å². The Morgan fingerprint density at radius 3 is 2.58 bits per heavy atom. The largest absolute Gasteiger partial charge is 0.368 e. The number of hydrogen-bond donors (Lipinski definition) is 2. The van der Waals surface area contributed by atoms with Crippen molar-refractivity contribution in [3.05, 3.63) is 36.3 Å². The van der Waals surface area contributed by atoms with Crippen LogP contribution in [-0.2, 0) is 4.79 Å². The lowest BCUT2D eigenvalue weighted by atomic mass is 10.0. The summed E-state index contributed by atoms with van der Waals surface area (Å²) in [6.45, 7) is 3.88. The molecule has 10 nitrogen and oxygen atoms in total. The molecule has 1 unspecified atom stereocenters. The van der Waals surface area contributed by atoms with Crippen LogP contribution < -0.4 is 11.1 Å². The van der Waals surface area contributed by atoms with Crippen molar-refractivity contribution in [1.29, 1.82) is 0 Å². The summed E-state index contributed by atoms with van der Waals surface area (Å²) in [5.74, 6) is -0.257. The predicted molar refractivity (Wildman–Crippen MR) is 91.7 cm³/mol. The van der Waals surface area contributed by atoms with Crippen LogP contribution in [0.5, 0.6) is 0 Å². The lowest BCUT2D eigenvalue weighted by Gasteiger charge is -2.17. The topological polar surface area (TPSA) is 141 Å². The van der Waals surface area contributed by atoms with Gasteiger partial charge >= 0.3 is 0 Å². The predicted octanol–water partition coefficient (Wildman–Crippen LogP) is 0.211. The average Bonchev–Trinajstić information content (AvgIpc) is 3.04. The number of amides is 2. The van der Waals surface area contributed by atoms with Gasteiger partial charge in [0.25, 0.3) is 5.91 Å². The molecular formula is C16H18N8O2. The molecule has 0 saturated heterocycles. The number of rotatable bonds is 6. The van der Waals surface area contributed by atoms with Crippen molar-refractivity contribution < 1.29 is 9.59 Å². The normalized spacial score (nSPS) is 12.3. The molecule has 0 radical (unpaired) electrons. The molecule has 2 amide bonds. The number of hydrogen-bond acceptors (Lipinski definition) is 7. The summed E-state index contributed by atoms with van der Waals surface area (Å²) < 4.78 is 1.38. The minimum absolute atomic E-state index is 0.101. The maximum Gasteiger partial charge on any atom is 0.272 e. The fourth-order valence-corrected chi connectivity index (χ4v) is 2.41. The summed E-state index contributed by atoms with van der Waals surface area (Å²) in [7, 11) is 0. The summed E-state index contributed by atoms with van der Waals surface area (Å²) in [5.41, 5.74) is 5.91. The molecule has 3 heterocycles. The average molecular weight is 354 g/mol. The van der Waals surface area contributed by atoms with Crippen LogP contribution in [0.1, 0.15) is 30.8 Å². The maximum atomic E-state index is 12.5. The molecule has 0 aromatic carbocycles. The Morgan fingerprint density at radius 1 is 1.19 bits per heavy atom. The maximum absolute atomic E-state index is 12.5. The minimum Gasteiger partial charge on any atom is -0.368 e. The quantitative estimate of drug-likeness (QED) is 0.644. The number of nitrogens with two attached hydrogens (primary N) is 1. The molecule has 10 heteroatoms. The highest BCUT2D eigenvalue weighted by Crippen LogP contribution is 2.12. The lowest BCUT2D eigenvalue weighted by molar-refractivity contribution is -0.120. The summed E-state index contributed by atoms with van der Waals surface area (Å²) in [4.78, 5) is 32.3. The molecule has 0 bridgehead atoms. The first kappa shape index (κ1) is 17.4. The van der Waals surface area contributed by atoms with E-state index < -0.39 is 17.9 Å². The third-order valence-corrected chi connectivity index (χ3v) is 3.62. The second-order valence-corrected chi connectivity index (χ2v) is 6.14. The Kier molecular flexibility index (Phi) is 4.83. The van der Waals surface area contributed by atoms with E-state index in [0.717, 1.165) is 0 Å². The van der Waals surface area contributed by atoms with E-state index in [-0.39, 0.29) is 11.6 Å². The molecule has 3 N–H and O–H groups in total.